The molecular weight excluding hydrogens is 502 g/mol. The van der Waals surface area contributed by atoms with Gasteiger partial charge < -0.3 is 28.8 Å². The van der Waals surface area contributed by atoms with Gasteiger partial charge in [-0.15, -0.1) is 0 Å². The number of esters is 1. The first-order chi connectivity index (χ1) is 17.8. The number of benzene rings is 1. The molecule has 206 valence electrons. The quantitative estimate of drug-likeness (QED) is 0.187. The number of methoxy groups -OCH3 is 1. The zero-order valence-corrected chi connectivity index (χ0v) is 24.4. The van der Waals surface area contributed by atoms with Gasteiger partial charge >= 0.3 is 12.1 Å². The van der Waals surface area contributed by atoms with E-state index in [9.17, 15) is 9.59 Å². The van der Waals surface area contributed by atoms with Gasteiger partial charge in [-0.05, 0) is 56.6 Å². The molecule has 0 saturated heterocycles. The zero-order valence-electron chi connectivity index (χ0n) is 23.4. The van der Waals surface area contributed by atoms with E-state index in [-0.39, 0.29) is 6.42 Å². The third-order valence-corrected chi connectivity index (χ3v) is 7.32. The van der Waals surface area contributed by atoms with Crippen molar-refractivity contribution >= 4 is 31.2 Å². The number of nitrogens with one attached hydrogen (secondary N) is 1. The van der Waals surface area contributed by atoms with Crippen LogP contribution in [0.2, 0.25) is 25.7 Å². The lowest BCUT2D eigenvalue weighted by Gasteiger charge is -2.22. The summed E-state index contributed by atoms with van der Waals surface area (Å²) in [6.45, 7) is 13.4. The number of nitrogens with zero attached hydrogens (tertiary/aromatic N) is 2. The number of alkyl carbamates (subject to hydrolysis) is 1. The van der Waals surface area contributed by atoms with Crippen LogP contribution in [-0.4, -0.2) is 55.0 Å². The molecule has 1 aromatic carbocycles. The second-order valence-electron chi connectivity index (χ2n) is 11.4. The minimum absolute atomic E-state index is 0.242. The molecule has 9 nitrogen and oxygen atoms in total. The molecule has 2 aromatic heterocycles. The van der Waals surface area contributed by atoms with Crippen LogP contribution in [0.3, 0.4) is 0 Å². The van der Waals surface area contributed by atoms with Crippen LogP contribution in [-0.2, 0) is 32.2 Å². The largest absolute Gasteiger partial charge is 0.467 e. The van der Waals surface area contributed by atoms with E-state index in [1.807, 2.05) is 47.2 Å². The van der Waals surface area contributed by atoms with Gasteiger partial charge in [-0.2, -0.15) is 0 Å². The van der Waals surface area contributed by atoms with Crippen molar-refractivity contribution in [2.45, 2.75) is 71.3 Å². The monoisotopic (exact) mass is 541 g/mol. The molecule has 1 N–H and O–H groups in total. The summed E-state index contributed by atoms with van der Waals surface area (Å²) in [6.07, 6.45) is 3.23. The van der Waals surface area contributed by atoms with E-state index in [0.717, 1.165) is 29.2 Å². The average Bonchev–Trinajstić information content (AvgIpc) is 3.24. The lowest BCUT2D eigenvalue weighted by Crippen LogP contribution is -2.45. The maximum Gasteiger partial charge on any atom is 0.408 e. The van der Waals surface area contributed by atoms with Crippen molar-refractivity contribution in [3.8, 4) is 11.5 Å². The number of carbonyl (C=O) groups excluding carboxylic acids is 2. The fourth-order valence-corrected chi connectivity index (χ4v) is 4.40. The van der Waals surface area contributed by atoms with Crippen LogP contribution >= 0.6 is 0 Å². The Morgan fingerprint density at radius 1 is 1.08 bits per heavy atom. The first-order valence-electron chi connectivity index (χ1n) is 12.7. The average molecular weight is 542 g/mol. The number of hydrogen-bond donors (Lipinski definition) is 1. The predicted octanol–water partition coefficient (Wildman–Crippen LogP) is 5.75. The first kappa shape index (κ1) is 29.2. The summed E-state index contributed by atoms with van der Waals surface area (Å²) >= 11 is 0. The third-order valence-electron chi connectivity index (χ3n) is 5.62. The highest BCUT2D eigenvalue weighted by molar-refractivity contribution is 6.76. The van der Waals surface area contributed by atoms with Gasteiger partial charge in [0, 0.05) is 33.5 Å². The van der Waals surface area contributed by atoms with E-state index in [2.05, 4.69) is 29.9 Å². The summed E-state index contributed by atoms with van der Waals surface area (Å²) in [5.74, 6) is 0.766. The minimum atomic E-state index is -1.14. The molecule has 0 radical (unpaired) electrons. The fraction of sp³-hybridized carbons (Fsp3) is 0.464. The summed E-state index contributed by atoms with van der Waals surface area (Å²) in [4.78, 5) is 28.9. The normalized spacial score (nSPS) is 12.7. The van der Waals surface area contributed by atoms with Crippen molar-refractivity contribution in [3.63, 3.8) is 0 Å². The van der Waals surface area contributed by atoms with Crippen LogP contribution in [0.15, 0.2) is 48.8 Å². The molecule has 10 heteroatoms. The molecular formula is C28H39N3O6Si. The summed E-state index contributed by atoms with van der Waals surface area (Å²) in [7, 11) is 0.144. The minimum Gasteiger partial charge on any atom is -0.467 e. The molecule has 0 fully saturated rings. The highest BCUT2D eigenvalue weighted by Crippen LogP contribution is 2.30. The maximum atomic E-state index is 12.2. The van der Waals surface area contributed by atoms with E-state index in [1.54, 1.807) is 27.0 Å². The lowest BCUT2D eigenvalue weighted by atomic mass is 10.1. The van der Waals surface area contributed by atoms with Crippen LogP contribution in [0.5, 0.6) is 11.5 Å². The van der Waals surface area contributed by atoms with Gasteiger partial charge in [-0.1, -0.05) is 31.8 Å². The highest BCUT2D eigenvalue weighted by Gasteiger charge is 2.25. The fourth-order valence-electron chi connectivity index (χ4n) is 3.64. The lowest BCUT2D eigenvalue weighted by molar-refractivity contribution is -0.143. The van der Waals surface area contributed by atoms with Crippen molar-refractivity contribution in [2.75, 3.05) is 13.7 Å². The molecule has 0 aliphatic rings. The molecule has 0 saturated carbocycles. The van der Waals surface area contributed by atoms with Gasteiger partial charge in [0.05, 0.1) is 12.5 Å². The van der Waals surface area contributed by atoms with E-state index in [1.165, 1.54) is 7.11 Å². The number of hydrogen-bond acceptors (Lipinski definition) is 7. The van der Waals surface area contributed by atoms with Crippen molar-refractivity contribution in [1.29, 1.82) is 0 Å². The number of ether oxygens (including phenoxy) is 4. The summed E-state index contributed by atoms with van der Waals surface area (Å²) in [6, 6.07) is 11.4. The SMILES string of the molecule is COC(=O)[C@@H](Cc1ccc(Oc2ccnc3c2ccn3COCC[Si](C)(C)C)cc1)NC(=O)OC(C)(C)C. The summed E-state index contributed by atoms with van der Waals surface area (Å²) in [5.41, 5.74) is 0.940. The molecule has 38 heavy (non-hydrogen) atoms. The molecule has 0 bridgehead atoms. The van der Waals surface area contributed by atoms with Crippen molar-refractivity contribution in [3.05, 3.63) is 54.4 Å². The van der Waals surface area contributed by atoms with Gasteiger partial charge in [0.1, 0.15) is 35.5 Å². The number of carbonyl (C=O) groups is 2. The smallest absolute Gasteiger partial charge is 0.408 e. The van der Waals surface area contributed by atoms with Crippen molar-refractivity contribution < 1.29 is 28.5 Å². The molecule has 2 heterocycles. The van der Waals surface area contributed by atoms with Gasteiger partial charge in [0.25, 0.3) is 0 Å². The number of aromatic nitrogens is 2. The number of pyridine rings is 1. The van der Waals surface area contributed by atoms with Crippen LogP contribution in [0.4, 0.5) is 4.79 Å². The molecule has 3 rings (SSSR count). The predicted molar refractivity (Wildman–Crippen MR) is 149 cm³/mol. The summed E-state index contributed by atoms with van der Waals surface area (Å²) in [5, 5.41) is 3.48. The Hall–Kier alpha value is -3.37. The molecule has 0 unspecified atom stereocenters. The summed E-state index contributed by atoms with van der Waals surface area (Å²) < 4.78 is 24.1. The highest BCUT2D eigenvalue weighted by atomic mass is 28.3. The number of amides is 1. The number of rotatable bonds is 11. The second-order valence-corrected chi connectivity index (χ2v) is 17.0. The van der Waals surface area contributed by atoms with Crippen LogP contribution in [0.25, 0.3) is 11.0 Å². The Bertz CT molecular complexity index is 1230. The molecule has 3 aromatic rings. The molecule has 0 aliphatic heterocycles. The Balaban J connectivity index is 1.65. The van der Waals surface area contributed by atoms with Crippen molar-refractivity contribution in [1.82, 2.24) is 14.9 Å². The van der Waals surface area contributed by atoms with Gasteiger partial charge in [0.15, 0.2) is 0 Å². The Morgan fingerprint density at radius 3 is 2.42 bits per heavy atom. The number of fused-ring (bicyclic) bond motifs is 1. The van der Waals surface area contributed by atoms with E-state index in [4.69, 9.17) is 18.9 Å². The van der Waals surface area contributed by atoms with E-state index < -0.39 is 31.8 Å². The van der Waals surface area contributed by atoms with Crippen molar-refractivity contribution in [2.24, 2.45) is 0 Å². The van der Waals surface area contributed by atoms with Gasteiger partial charge in [0.2, 0.25) is 0 Å². The van der Waals surface area contributed by atoms with Crippen LogP contribution in [0.1, 0.15) is 26.3 Å². The zero-order chi connectivity index (χ0) is 27.9. The molecule has 1 amide bonds. The van der Waals surface area contributed by atoms with E-state index >= 15 is 0 Å². The first-order valence-corrected chi connectivity index (χ1v) is 16.4. The van der Waals surface area contributed by atoms with Gasteiger partial charge in [-0.3, -0.25) is 0 Å². The van der Waals surface area contributed by atoms with Gasteiger partial charge in [-0.25, -0.2) is 14.6 Å². The topological polar surface area (TPSA) is 101 Å². The molecule has 0 aliphatic carbocycles. The Labute approximate surface area is 225 Å². The Kier molecular flexibility index (Phi) is 9.56. The second kappa shape index (κ2) is 12.4. The van der Waals surface area contributed by atoms with Crippen LogP contribution in [0, 0.1) is 0 Å². The Morgan fingerprint density at radius 2 is 1.79 bits per heavy atom. The van der Waals surface area contributed by atoms with Crippen LogP contribution < -0.4 is 10.1 Å². The maximum absolute atomic E-state index is 12.2. The molecule has 1 atom stereocenters. The van der Waals surface area contributed by atoms with E-state index in [0.29, 0.717) is 18.2 Å². The third kappa shape index (κ3) is 8.88. The standard InChI is InChI=1S/C28H39N3O6Si/c1-28(2,3)37-27(33)30-23(26(32)34-4)18-20-8-10-21(11-9-20)36-24-12-14-29-25-22(24)13-15-31(25)19-35-16-17-38(5,6)7/h8-15,23H,16-19H2,1-7H3,(H,30,33)/t23-/m1/s1. The molecule has 0 spiro atoms.